The van der Waals surface area contributed by atoms with Gasteiger partial charge in [-0.05, 0) is 43.7 Å². The lowest BCUT2D eigenvalue weighted by Gasteiger charge is -2.17. The summed E-state index contributed by atoms with van der Waals surface area (Å²) in [5.74, 6) is 2.32. The number of amides is 1. The number of aliphatic hydroxyl groups is 1. The van der Waals surface area contributed by atoms with Gasteiger partial charge < -0.3 is 25.8 Å². The Morgan fingerprint density at radius 2 is 2.03 bits per heavy atom. The fraction of sp³-hybridized carbons (Fsp3) is 0.619. The number of halogens is 1. The van der Waals surface area contributed by atoms with Gasteiger partial charge in [0, 0.05) is 38.4 Å². The van der Waals surface area contributed by atoms with Crippen LogP contribution in [0.15, 0.2) is 29.3 Å². The number of benzene rings is 1. The highest BCUT2D eigenvalue weighted by Gasteiger charge is 2.10. The average Bonchev–Trinajstić information content (AvgIpc) is 2.62. The van der Waals surface area contributed by atoms with Gasteiger partial charge in [0.25, 0.3) is 0 Å². The second kappa shape index (κ2) is 16.3. The van der Waals surface area contributed by atoms with E-state index < -0.39 is 0 Å². The van der Waals surface area contributed by atoms with Crippen molar-refractivity contribution in [3.63, 3.8) is 0 Å². The van der Waals surface area contributed by atoms with Gasteiger partial charge in [-0.1, -0.05) is 19.9 Å². The minimum absolute atomic E-state index is 0. The Balaban J connectivity index is 0.00000784. The predicted molar refractivity (Wildman–Crippen MR) is 130 cm³/mol. The molecule has 7 nitrogen and oxygen atoms in total. The molecule has 0 aromatic heterocycles. The Bertz CT molecular complexity index is 611. The predicted octanol–water partition coefficient (Wildman–Crippen LogP) is 3.24. The van der Waals surface area contributed by atoms with Crippen molar-refractivity contribution >= 4 is 41.5 Å². The zero-order chi connectivity index (χ0) is 20.8. The molecule has 0 aliphatic rings. The lowest BCUT2D eigenvalue weighted by atomic mass is 9.94. The third-order valence-electron chi connectivity index (χ3n) is 4.01. The fourth-order valence-corrected chi connectivity index (χ4v) is 2.90. The molecule has 8 heteroatoms. The fourth-order valence-electron chi connectivity index (χ4n) is 2.90. The summed E-state index contributed by atoms with van der Waals surface area (Å²) in [6.45, 7) is 10.6. The number of anilines is 1. The molecule has 0 bridgehead atoms. The van der Waals surface area contributed by atoms with Crippen LogP contribution >= 0.6 is 24.0 Å². The molecule has 1 aromatic rings. The summed E-state index contributed by atoms with van der Waals surface area (Å²) in [6, 6.07) is 7.32. The monoisotopic (exact) mass is 520 g/mol. The highest BCUT2D eigenvalue weighted by atomic mass is 127. The third kappa shape index (κ3) is 13.3. The highest BCUT2D eigenvalue weighted by molar-refractivity contribution is 14.0. The van der Waals surface area contributed by atoms with E-state index in [1.165, 1.54) is 6.92 Å². The van der Waals surface area contributed by atoms with Gasteiger partial charge in [-0.2, -0.15) is 0 Å². The van der Waals surface area contributed by atoms with E-state index in [0.717, 1.165) is 25.3 Å². The van der Waals surface area contributed by atoms with Crippen molar-refractivity contribution in [2.45, 2.75) is 40.5 Å². The highest BCUT2D eigenvalue weighted by Crippen LogP contribution is 2.17. The van der Waals surface area contributed by atoms with Crippen molar-refractivity contribution in [1.29, 1.82) is 0 Å². The second-order valence-corrected chi connectivity index (χ2v) is 7.21. The molecule has 0 aliphatic heterocycles. The molecule has 1 atom stereocenters. The first-order chi connectivity index (χ1) is 13.4. The molecule has 1 amide bonds. The maximum atomic E-state index is 11.1. The standard InChI is InChI=1S/C21H36N4O3.HI/c1-5-22-21(24-15-18(9-11-26)13-16(2)3)23-10-12-28-20-8-6-7-19(14-20)25-17(4)27;/h6-8,14,16,18,26H,5,9-13,15H2,1-4H3,(H,25,27)(H2,22,23,24);1H. The van der Waals surface area contributed by atoms with E-state index in [-0.39, 0.29) is 36.5 Å². The molecule has 4 N–H and O–H groups in total. The van der Waals surface area contributed by atoms with Crippen LogP contribution in [0.4, 0.5) is 5.69 Å². The van der Waals surface area contributed by atoms with Gasteiger partial charge in [-0.3, -0.25) is 9.79 Å². The van der Waals surface area contributed by atoms with Crippen LogP contribution in [-0.2, 0) is 4.79 Å². The number of guanidine groups is 1. The van der Waals surface area contributed by atoms with E-state index in [9.17, 15) is 9.90 Å². The van der Waals surface area contributed by atoms with E-state index in [1.807, 2.05) is 25.1 Å². The number of aliphatic hydroxyl groups excluding tert-OH is 1. The number of rotatable bonds is 12. The van der Waals surface area contributed by atoms with Crippen LogP contribution in [0.25, 0.3) is 0 Å². The Kier molecular flexibility index (Phi) is 15.4. The van der Waals surface area contributed by atoms with E-state index in [1.54, 1.807) is 6.07 Å². The zero-order valence-corrected chi connectivity index (χ0v) is 20.4. The van der Waals surface area contributed by atoms with Crippen LogP contribution in [0.5, 0.6) is 5.75 Å². The summed E-state index contributed by atoms with van der Waals surface area (Å²) in [6.07, 6.45) is 1.83. The van der Waals surface area contributed by atoms with Crippen LogP contribution in [0, 0.1) is 11.8 Å². The molecule has 1 rings (SSSR count). The Hall–Kier alpha value is -1.55. The molecule has 0 aliphatic carbocycles. The van der Waals surface area contributed by atoms with Crippen molar-refractivity contribution in [2.24, 2.45) is 16.8 Å². The number of carbonyl (C=O) groups is 1. The number of hydrogen-bond donors (Lipinski definition) is 4. The topological polar surface area (TPSA) is 95.0 Å². The van der Waals surface area contributed by atoms with E-state index >= 15 is 0 Å². The molecular weight excluding hydrogens is 483 g/mol. The summed E-state index contributed by atoms with van der Waals surface area (Å²) >= 11 is 0. The quantitative estimate of drug-likeness (QED) is 0.147. The van der Waals surface area contributed by atoms with E-state index in [2.05, 4.69) is 34.8 Å². The first-order valence-electron chi connectivity index (χ1n) is 10.1. The Morgan fingerprint density at radius 1 is 1.28 bits per heavy atom. The first kappa shape index (κ1) is 27.5. The van der Waals surface area contributed by atoms with Crippen LogP contribution in [0.1, 0.15) is 40.5 Å². The van der Waals surface area contributed by atoms with Crippen molar-refractivity contribution < 1.29 is 14.6 Å². The molecule has 0 saturated carbocycles. The molecule has 0 fully saturated rings. The normalized spacial score (nSPS) is 12.1. The van der Waals surface area contributed by atoms with Crippen molar-refractivity contribution in [1.82, 2.24) is 10.6 Å². The van der Waals surface area contributed by atoms with Gasteiger partial charge >= 0.3 is 0 Å². The van der Waals surface area contributed by atoms with Crippen LogP contribution in [0.2, 0.25) is 0 Å². The van der Waals surface area contributed by atoms with Gasteiger partial charge in [0.2, 0.25) is 5.91 Å². The van der Waals surface area contributed by atoms with Gasteiger partial charge in [0.1, 0.15) is 12.4 Å². The smallest absolute Gasteiger partial charge is 0.221 e. The molecule has 1 aromatic carbocycles. The van der Waals surface area contributed by atoms with Crippen molar-refractivity contribution in [2.75, 3.05) is 38.2 Å². The second-order valence-electron chi connectivity index (χ2n) is 7.21. The summed E-state index contributed by atoms with van der Waals surface area (Å²) in [7, 11) is 0. The minimum Gasteiger partial charge on any atom is -0.492 e. The van der Waals surface area contributed by atoms with Crippen molar-refractivity contribution in [3.8, 4) is 5.75 Å². The minimum atomic E-state index is -0.109. The molecule has 0 saturated heterocycles. The van der Waals surface area contributed by atoms with Crippen molar-refractivity contribution in [3.05, 3.63) is 24.3 Å². The van der Waals surface area contributed by atoms with E-state index in [4.69, 9.17) is 4.74 Å². The molecule has 29 heavy (non-hydrogen) atoms. The van der Waals surface area contributed by atoms with Gasteiger partial charge in [-0.25, -0.2) is 0 Å². The molecular formula is C21H37IN4O3. The molecule has 0 heterocycles. The van der Waals surface area contributed by atoms with Gasteiger partial charge in [0.05, 0.1) is 6.54 Å². The van der Waals surface area contributed by atoms with Gasteiger partial charge in [0.15, 0.2) is 5.96 Å². The maximum absolute atomic E-state index is 11.1. The number of nitrogens with one attached hydrogen (secondary N) is 3. The molecule has 0 spiro atoms. The van der Waals surface area contributed by atoms with Crippen LogP contribution < -0.4 is 20.7 Å². The van der Waals surface area contributed by atoms with E-state index in [0.29, 0.717) is 43.0 Å². The average molecular weight is 520 g/mol. The summed E-state index contributed by atoms with van der Waals surface area (Å²) in [5.41, 5.74) is 0.716. The number of hydrogen-bond acceptors (Lipinski definition) is 4. The number of nitrogens with zero attached hydrogens (tertiary/aromatic N) is 1. The molecule has 166 valence electrons. The SMILES string of the molecule is CCNC(=NCC(CCO)CC(C)C)NCCOc1cccc(NC(C)=O)c1.I. The zero-order valence-electron chi connectivity index (χ0n) is 18.0. The number of aliphatic imine (C=N–C) groups is 1. The molecule has 0 radical (unpaired) electrons. The maximum Gasteiger partial charge on any atom is 0.221 e. The Labute approximate surface area is 192 Å². The van der Waals surface area contributed by atoms with Crippen LogP contribution in [0.3, 0.4) is 0 Å². The Morgan fingerprint density at radius 3 is 2.66 bits per heavy atom. The summed E-state index contributed by atoms with van der Waals surface area (Å²) < 4.78 is 5.74. The summed E-state index contributed by atoms with van der Waals surface area (Å²) in [5, 5.41) is 18.5. The third-order valence-corrected chi connectivity index (χ3v) is 4.01. The van der Waals surface area contributed by atoms with Crippen LogP contribution in [-0.4, -0.2) is 49.8 Å². The number of ether oxygens (including phenoxy) is 1. The molecule has 1 unspecified atom stereocenters. The largest absolute Gasteiger partial charge is 0.492 e. The lowest BCUT2D eigenvalue weighted by molar-refractivity contribution is -0.114. The lowest BCUT2D eigenvalue weighted by Crippen LogP contribution is -2.39. The first-order valence-corrected chi connectivity index (χ1v) is 10.1. The number of carbonyl (C=O) groups excluding carboxylic acids is 1. The van der Waals surface area contributed by atoms with Gasteiger partial charge in [-0.15, -0.1) is 24.0 Å². The summed E-state index contributed by atoms with van der Waals surface area (Å²) in [4.78, 5) is 15.8.